The standard InChI is InChI=1S/C20H18FN3O3/c21-15-5-3-12(4-6-15)11-22-19(26)20(27)23-16-8-13-2-1-7-24-17(25)10-14(9-16)18(13)24/h3-6,8-9H,1-2,7,10-11H2,(H,22,26)(H,23,27). The molecule has 0 fully saturated rings. The van der Waals surface area contributed by atoms with Gasteiger partial charge in [-0.05, 0) is 53.8 Å². The second kappa shape index (κ2) is 6.83. The average molecular weight is 367 g/mol. The SMILES string of the molecule is O=C(NCc1ccc(F)cc1)C(=O)Nc1cc2c3c(c1)CC(=O)N3CCC2. The molecule has 2 aromatic rings. The van der Waals surface area contributed by atoms with Gasteiger partial charge in [-0.25, -0.2) is 4.39 Å². The molecule has 4 rings (SSSR count). The molecule has 3 amide bonds. The third-order valence-corrected chi connectivity index (χ3v) is 4.84. The van der Waals surface area contributed by atoms with E-state index in [0.29, 0.717) is 17.7 Å². The summed E-state index contributed by atoms with van der Waals surface area (Å²) in [6.45, 7) is 0.863. The Kier molecular flexibility index (Phi) is 4.35. The zero-order valence-corrected chi connectivity index (χ0v) is 14.5. The second-order valence-corrected chi connectivity index (χ2v) is 6.73. The largest absolute Gasteiger partial charge is 0.344 e. The van der Waals surface area contributed by atoms with Crippen LogP contribution in [0.25, 0.3) is 0 Å². The zero-order chi connectivity index (χ0) is 19.0. The molecule has 0 saturated carbocycles. The van der Waals surface area contributed by atoms with E-state index in [1.54, 1.807) is 23.1 Å². The van der Waals surface area contributed by atoms with Gasteiger partial charge in [0.15, 0.2) is 0 Å². The number of amides is 3. The van der Waals surface area contributed by atoms with Gasteiger partial charge in [0.1, 0.15) is 5.82 Å². The van der Waals surface area contributed by atoms with Gasteiger partial charge in [0, 0.05) is 18.8 Å². The number of benzene rings is 2. The average Bonchev–Trinajstić information content (AvgIpc) is 2.98. The maximum absolute atomic E-state index is 12.9. The lowest BCUT2D eigenvalue weighted by atomic mass is 9.99. The van der Waals surface area contributed by atoms with Crippen LogP contribution in [0.1, 0.15) is 23.1 Å². The fourth-order valence-electron chi connectivity index (χ4n) is 3.60. The number of hydrogen-bond donors (Lipinski definition) is 2. The van der Waals surface area contributed by atoms with Crippen LogP contribution in [0.5, 0.6) is 0 Å². The molecule has 2 heterocycles. The maximum Gasteiger partial charge on any atom is 0.313 e. The highest BCUT2D eigenvalue weighted by molar-refractivity contribution is 6.39. The normalized spacial score (nSPS) is 14.7. The number of halogens is 1. The van der Waals surface area contributed by atoms with Crippen molar-refractivity contribution in [3.8, 4) is 0 Å². The maximum atomic E-state index is 12.9. The summed E-state index contributed by atoms with van der Waals surface area (Å²) in [5, 5.41) is 5.11. The molecule has 2 aromatic carbocycles. The highest BCUT2D eigenvalue weighted by Crippen LogP contribution is 2.38. The van der Waals surface area contributed by atoms with Crippen molar-refractivity contribution in [1.29, 1.82) is 0 Å². The predicted octanol–water partition coefficient (Wildman–Crippen LogP) is 1.92. The molecular weight excluding hydrogens is 349 g/mol. The summed E-state index contributed by atoms with van der Waals surface area (Å²) in [6, 6.07) is 9.26. The predicted molar refractivity (Wildman–Crippen MR) is 97.7 cm³/mol. The van der Waals surface area contributed by atoms with Crippen LogP contribution in [0.4, 0.5) is 15.8 Å². The van der Waals surface area contributed by atoms with E-state index in [2.05, 4.69) is 10.6 Å². The topological polar surface area (TPSA) is 78.5 Å². The minimum Gasteiger partial charge on any atom is -0.344 e. The van der Waals surface area contributed by atoms with E-state index in [1.807, 2.05) is 6.07 Å². The van der Waals surface area contributed by atoms with E-state index in [9.17, 15) is 18.8 Å². The molecule has 7 heteroatoms. The number of carbonyl (C=O) groups excluding carboxylic acids is 3. The Bertz CT molecular complexity index is 940. The lowest BCUT2D eigenvalue weighted by Crippen LogP contribution is -2.35. The Morgan fingerprint density at radius 3 is 2.59 bits per heavy atom. The number of rotatable bonds is 3. The lowest BCUT2D eigenvalue weighted by molar-refractivity contribution is -0.136. The molecule has 0 bridgehead atoms. The van der Waals surface area contributed by atoms with Gasteiger partial charge in [-0.15, -0.1) is 0 Å². The van der Waals surface area contributed by atoms with Gasteiger partial charge in [0.25, 0.3) is 0 Å². The summed E-state index contributed by atoms with van der Waals surface area (Å²) in [4.78, 5) is 38.1. The molecule has 0 saturated heterocycles. The molecule has 2 aliphatic heterocycles. The summed E-state index contributed by atoms with van der Waals surface area (Å²) in [5.41, 5.74) is 4.08. The molecule has 0 spiro atoms. The quantitative estimate of drug-likeness (QED) is 0.814. The van der Waals surface area contributed by atoms with Crippen LogP contribution in [0.2, 0.25) is 0 Å². The van der Waals surface area contributed by atoms with Gasteiger partial charge < -0.3 is 15.5 Å². The minimum atomic E-state index is -0.777. The van der Waals surface area contributed by atoms with E-state index >= 15 is 0 Å². The lowest BCUT2D eigenvalue weighted by Gasteiger charge is -2.26. The summed E-state index contributed by atoms with van der Waals surface area (Å²) in [5.74, 6) is -1.83. The molecule has 0 aromatic heterocycles. The van der Waals surface area contributed by atoms with Crippen molar-refractivity contribution in [3.63, 3.8) is 0 Å². The van der Waals surface area contributed by atoms with Crippen LogP contribution in [-0.2, 0) is 33.8 Å². The highest BCUT2D eigenvalue weighted by Gasteiger charge is 2.32. The van der Waals surface area contributed by atoms with Crippen molar-refractivity contribution in [1.82, 2.24) is 5.32 Å². The van der Waals surface area contributed by atoms with Crippen molar-refractivity contribution in [2.45, 2.75) is 25.8 Å². The molecule has 0 unspecified atom stereocenters. The van der Waals surface area contributed by atoms with Crippen LogP contribution < -0.4 is 15.5 Å². The Morgan fingerprint density at radius 2 is 1.81 bits per heavy atom. The summed E-state index contributed by atoms with van der Waals surface area (Å²) in [6.07, 6.45) is 2.04. The van der Waals surface area contributed by atoms with E-state index in [0.717, 1.165) is 36.2 Å². The van der Waals surface area contributed by atoms with Crippen molar-refractivity contribution < 1.29 is 18.8 Å². The third kappa shape index (κ3) is 3.40. The van der Waals surface area contributed by atoms with Gasteiger partial charge in [-0.3, -0.25) is 14.4 Å². The van der Waals surface area contributed by atoms with Crippen molar-refractivity contribution in [3.05, 3.63) is 58.9 Å². The molecule has 2 aliphatic rings. The van der Waals surface area contributed by atoms with Gasteiger partial charge >= 0.3 is 11.8 Å². The van der Waals surface area contributed by atoms with Crippen molar-refractivity contribution >= 4 is 29.1 Å². The molecule has 138 valence electrons. The smallest absolute Gasteiger partial charge is 0.313 e. The Morgan fingerprint density at radius 1 is 1.07 bits per heavy atom. The molecule has 27 heavy (non-hydrogen) atoms. The first-order valence-corrected chi connectivity index (χ1v) is 8.81. The third-order valence-electron chi connectivity index (χ3n) is 4.84. The number of nitrogens with one attached hydrogen (secondary N) is 2. The van der Waals surface area contributed by atoms with Crippen molar-refractivity contribution in [2.75, 3.05) is 16.8 Å². The number of nitrogens with zero attached hydrogens (tertiary/aromatic N) is 1. The highest BCUT2D eigenvalue weighted by atomic mass is 19.1. The number of hydrogen-bond acceptors (Lipinski definition) is 3. The first kappa shape index (κ1) is 17.2. The van der Waals surface area contributed by atoms with Crippen LogP contribution in [0.3, 0.4) is 0 Å². The number of aryl methyl sites for hydroxylation is 1. The summed E-state index contributed by atoms with van der Waals surface area (Å²) < 4.78 is 12.9. The van der Waals surface area contributed by atoms with Gasteiger partial charge in [-0.1, -0.05) is 12.1 Å². The molecule has 0 atom stereocenters. The summed E-state index contributed by atoms with van der Waals surface area (Å²) in [7, 11) is 0. The molecule has 0 radical (unpaired) electrons. The first-order chi connectivity index (χ1) is 13.0. The van der Waals surface area contributed by atoms with Gasteiger partial charge in [-0.2, -0.15) is 0 Å². The monoisotopic (exact) mass is 367 g/mol. The number of anilines is 2. The van der Waals surface area contributed by atoms with Crippen LogP contribution in [-0.4, -0.2) is 24.3 Å². The second-order valence-electron chi connectivity index (χ2n) is 6.73. The fraction of sp³-hybridized carbons (Fsp3) is 0.250. The summed E-state index contributed by atoms with van der Waals surface area (Å²) >= 11 is 0. The fourth-order valence-corrected chi connectivity index (χ4v) is 3.60. The first-order valence-electron chi connectivity index (χ1n) is 8.81. The molecule has 0 aliphatic carbocycles. The Balaban J connectivity index is 1.42. The Hall–Kier alpha value is -3.22. The van der Waals surface area contributed by atoms with Crippen LogP contribution >= 0.6 is 0 Å². The van der Waals surface area contributed by atoms with E-state index in [4.69, 9.17) is 0 Å². The van der Waals surface area contributed by atoms with E-state index in [1.165, 1.54) is 12.1 Å². The van der Waals surface area contributed by atoms with Crippen LogP contribution in [0.15, 0.2) is 36.4 Å². The van der Waals surface area contributed by atoms with E-state index < -0.39 is 11.8 Å². The molecular formula is C20H18FN3O3. The van der Waals surface area contributed by atoms with Gasteiger partial charge in [0.2, 0.25) is 5.91 Å². The Labute approximate surface area is 155 Å². The molecule has 6 nitrogen and oxygen atoms in total. The van der Waals surface area contributed by atoms with Crippen LogP contribution in [0, 0.1) is 5.82 Å². The zero-order valence-electron chi connectivity index (χ0n) is 14.5. The van der Waals surface area contributed by atoms with Crippen molar-refractivity contribution in [2.24, 2.45) is 0 Å². The van der Waals surface area contributed by atoms with E-state index in [-0.39, 0.29) is 18.3 Å². The number of carbonyl (C=O) groups is 3. The minimum absolute atomic E-state index is 0.0754. The molecule has 2 N–H and O–H groups in total. The van der Waals surface area contributed by atoms with Gasteiger partial charge in [0.05, 0.1) is 12.1 Å².